The number of carbonyl (C=O) groups excluding carboxylic acids is 1. The van der Waals surface area contributed by atoms with Crippen LogP contribution in [0.5, 0.6) is 0 Å². The summed E-state index contributed by atoms with van der Waals surface area (Å²) in [4.78, 5) is 18.0. The van der Waals surface area contributed by atoms with E-state index in [0.29, 0.717) is 11.1 Å². The third-order valence-corrected chi connectivity index (χ3v) is 5.00. The molecule has 0 bridgehead atoms. The minimum Gasteiger partial charge on any atom is -0.464 e. The molecule has 0 N–H and O–H groups in total. The number of hydrogen-bond acceptors (Lipinski definition) is 5. The third-order valence-electron chi connectivity index (χ3n) is 4.10. The Balaban J connectivity index is 2.10. The van der Waals surface area contributed by atoms with E-state index in [4.69, 9.17) is 0 Å². The maximum absolute atomic E-state index is 11.4. The summed E-state index contributed by atoms with van der Waals surface area (Å²) in [5.41, 5.74) is 0.847. The molecule has 0 aromatic carbocycles. The van der Waals surface area contributed by atoms with Gasteiger partial charge in [0.2, 0.25) is 0 Å². The van der Waals surface area contributed by atoms with Gasteiger partial charge in [0, 0.05) is 18.5 Å². The highest BCUT2D eigenvalue weighted by Crippen LogP contribution is 2.39. The number of anilines is 1. The van der Waals surface area contributed by atoms with Crippen molar-refractivity contribution in [3.8, 4) is 0 Å². The molecular formula is C13H20N2O2S. The lowest BCUT2D eigenvalue weighted by Crippen LogP contribution is -2.26. The zero-order valence-electron chi connectivity index (χ0n) is 11.2. The molecule has 2 heterocycles. The first-order valence-electron chi connectivity index (χ1n) is 6.43. The maximum atomic E-state index is 11.4. The number of nitrogens with zero attached hydrogens (tertiary/aromatic N) is 2. The zero-order chi connectivity index (χ0) is 13.2. The second-order valence-corrected chi connectivity index (χ2v) is 5.72. The first-order chi connectivity index (χ1) is 8.64. The molecule has 4 nitrogen and oxygen atoms in total. The van der Waals surface area contributed by atoms with E-state index in [9.17, 15) is 4.79 Å². The van der Waals surface area contributed by atoms with Crippen molar-refractivity contribution in [2.75, 3.05) is 25.1 Å². The lowest BCUT2D eigenvalue weighted by atomic mass is 9.82. The van der Waals surface area contributed by atoms with Gasteiger partial charge in [0.15, 0.2) is 10.8 Å². The van der Waals surface area contributed by atoms with Crippen LogP contribution in [0.25, 0.3) is 0 Å². The van der Waals surface area contributed by atoms with E-state index in [0.717, 1.165) is 18.2 Å². The second-order valence-electron chi connectivity index (χ2n) is 4.89. The number of rotatable bonds is 4. The second kappa shape index (κ2) is 5.26. The number of aromatic nitrogens is 1. The summed E-state index contributed by atoms with van der Waals surface area (Å²) >= 11 is 1.53. The summed E-state index contributed by atoms with van der Waals surface area (Å²) in [6, 6.07) is 0. The molecule has 1 aromatic heterocycles. The van der Waals surface area contributed by atoms with E-state index in [1.807, 2.05) is 0 Å². The molecule has 100 valence electrons. The van der Waals surface area contributed by atoms with Crippen LogP contribution < -0.4 is 4.90 Å². The molecule has 0 spiro atoms. The Hall–Kier alpha value is -1.10. The average molecular weight is 268 g/mol. The summed E-state index contributed by atoms with van der Waals surface area (Å²) < 4.78 is 4.68. The largest absolute Gasteiger partial charge is 0.464 e. The van der Waals surface area contributed by atoms with Gasteiger partial charge in [-0.2, -0.15) is 0 Å². The normalized spacial score (nSPS) is 18.1. The minimum atomic E-state index is -0.353. The number of ether oxygens (including phenoxy) is 1. The lowest BCUT2D eigenvalue weighted by Gasteiger charge is -2.26. The van der Waals surface area contributed by atoms with Gasteiger partial charge in [0.1, 0.15) is 0 Å². The van der Waals surface area contributed by atoms with Crippen LogP contribution in [0.4, 0.5) is 5.13 Å². The van der Waals surface area contributed by atoms with Crippen LogP contribution in [0, 0.1) is 5.41 Å². The molecule has 5 heteroatoms. The summed E-state index contributed by atoms with van der Waals surface area (Å²) in [6.45, 7) is 6.60. The highest BCUT2D eigenvalue weighted by Gasteiger charge is 2.36. The molecule has 0 unspecified atom stereocenters. The molecule has 1 fully saturated rings. The fourth-order valence-electron chi connectivity index (χ4n) is 2.53. The first kappa shape index (κ1) is 13.3. The van der Waals surface area contributed by atoms with Crippen LogP contribution in [0.3, 0.4) is 0 Å². The Labute approximate surface area is 112 Å². The Morgan fingerprint density at radius 3 is 2.83 bits per heavy atom. The molecule has 1 aliphatic rings. The fourth-order valence-corrected chi connectivity index (χ4v) is 3.36. The molecule has 18 heavy (non-hydrogen) atoms. The summed E-state index contributed by atoms with van der Waals surface area (Å²) in [5.74, 6) is -0.353. The maximum Gasteiger partial charge on any atom is 0.357 e. The molecule has 1 aromatic rings. The van der Waals surface area contributed by atoms with Crippen molar-refractivity contribution in [2.24, 2.45) is 5.41 Å². The highest BCUT2D eigenvalue weighted by molar-refractivity contribution is 7.13. The predicted octanol–water partition coefficient (Wildman–Crippen LogP) is 2.95. The lowest BCUT2D eigenvalue weighted by molar-refractivity contribution is 0.0595. The van der Waals surface area contributed by atoms with Crippen molar-refractivity contribution in [3.05, 3.63) is 11.1 Å². The number of hydrogen-bond donors (Lipinski definition) is 0. The van der Waals surface area contributed by atoms with Crippen LogP contribution in [0.1, 0.15) is 43.6 Å². The van der Waals surface area contributed by atoms with Gasteiger partial charge in [0.25, 0.3) is 0 Å². The van der Waals surface area contributed by atoms with Gasteiger partial charge in [-0.25, -0.2) is 9.78 Å². The van der Waals surface area contributed by atoms with Gasteiger partial charge >= 0.3 is 5.97 Å². The van der Waals surface area contributed by atoms with E-state index in [-0.39, 0.29) is 5.97 Å². The molecule has 0 aliphatic carbocycles. The molecule has 1 aliphatic heterocycles. The van der Waals surface area contributed by atoms with Crippen molar-refractivity contribution >= 4 is 22.4 Å². The number of carbonyl (C=O) groups is 1. The topological polar surface area (TPSA) is 42.4 Å². The number of methoxy groups -OCH3 is 1. The van der Waals surface area contributed by atoms with Gasteiger partial charge in [-0.15, -0.1) is 11.3 Å². The fraction of sp³-hybridized carbons (Fsp3) is 0.692. The van der Waals surface area contributed by atoms with E-state index in [1.54, 1.807) is 5.38 Å². The molecule has 0 atom stereocenters. The number of thiazole rings is 1. The molecule has 0 amide bonds. The molecule has 0 saturated carbocycles. The molecular weight excluding hydrogens is 248 g/mol. The summed E-state index contributed by atoms with van der Waals surface area (Å²) in [5, 5.41) is 2.72. The SMILES string of the molecule is CCC1(CC)CCN(c2nc(C(=O)OC)cs2)C1. The van der Waals surface area contributed by atoms with Gasteiger partial charge in [0.05, 0.1) is 7.11 Å². The van der Waals surface area contributed by atoms with Crippen LogP contribution >= 0.6 is 11.3 Å². The zero-order valence-corrected chi connectivity index (χ0v) is 12.0. The van der Waals surface area contributed by atoms with Crippen molar-refractivity contribution in [2.45, 2.75) is 33.1 Å². The van der Waals surface area contributed by atoms with Crippen LogP contribution in [0.2, 0.25) is 0 Å². The van der Waals surface area contributed by atoms with E-state index in [1.165, 1.54) is 37.7 Å². The summed E-state index contributed by atoms with van der Waals surface area (Å²) in [7, 11) is 1.39. The van der Waals surface area contributed by atoms with Crippen molar-refractivity contribution in [1.82, 2.24) is 4.98 Å². The predicted molar refractivity (Wildman–Crippen MR) is 73.3 cm³/mol. The monoisotopic (exact) mass is 268 g/mol. The Kier molecular flexibility index (Phi) is 3.90. The minimum absolute atomic E-state index is 0.353. The standard InChI is InChI=1S/C13H20N2O2S/c1-4-13(5-2)6-7-15(9-13)12-14-10(8-18-12)11(16)17-3/h8H,4-7,9H2,1-3H3. The number of esters is 1. The highest BCUT2D eigenvalue weighted by atomic mass is 32.1. The van der Waals surface area contributed by atoms with E-state index in [2.05, 4.69) is 28.5 Å². The Bertz CT molecular complexity index is 426. The van der Waals surface area contributed by atoms with Crippen molar-refractivity contribution in [1.29, 1.82) is 0 Å². The third kappa shape index (κ3) is 2.36. The van der Waals surface area contributed by atoms with Gasteiger partial charge in [-0.1, -0.05) is 13.8 Å². The Morgan fingerprint density at radius 1 is 1.56 bits per heavy atom. The van der Waals surface area contributed by atoms with E-state index >= 15 is 0 Å². The van der Waals surface area contributed by atoms with Crippen LogP contribution in [-0.2, 0) is 4.74 Å². The van der Waals surface area contributed by atoms with Gasteiger partial charge in [-0.3, -0.25) is 0 Å². The van der Waals surface area contributed by atoms with Crippen molar-refractivity contribution < 1.29 is 9.53 Å². The van der Waals surface area contributed by atoms with E-state index < -0.39 is 0 Å². The molecule has 0 radical (unpaired) electrons. The van der Waals surface area contributed by atoms with Crippen molar-refractivity contribution in [3.63, 3.8) is 0 Å². The van der Waals surface area contributed by atoms with Gasteiger partial charge in [-0.05, 0) is 24.7 Å². The summed E-state index contributed by atoms with van der Waals surface area (Å²) in [6.07, 6.45) is 3.62. The molecule has 2 rings (SSSR count). The van der Waals surface area contributed by atoms with Gasteiger partial charge < -0.3 is 9.64 Å². The quantitative estimate of drug-likeness (QED) is 0.787. The smallest absolute Gasteiger partial charge is 0.357 e. The average Bonchev–Trinajstić information content (AvgIpc) is 3.04. The Morgan fingerprint density at radius 2 is 2.28 bits per heavy atom. The van der Waals surface area contributed by atoms with Crippen LogP contribution in [0.15, 0.2) is 5.38 Å². The molecule has 1 saturated heterocycles. The van der Waals surface area contributed by atoms with Crippen LogP contribution in [-0.4, -0.2) is 31.2 Å². The first-order valence-corrected chi connectivity index (χ1v) is 7.31.